The Kier molecular flexibility index (Phi) is 3.91. The van der Waals surface area contributed by atoms with Gasteiger partial charge in [-0.3, -0.25) is 4.90 Å². The molecule has 1 unspecified atom stereocenters. The van der Waals surface area contributed by atoms with Gasteiger partial charge in [0.05, 0.1) is 0 Å². The average molecular weight is 252 g/mol. The lowest BCUT2D eigenvalue weighted by Gasteiger charge is -2.40. The zero-order chi connectivity index (χ0) is 12.5. The van der Waals surface area contributed by atoms with Crippen LogP contribution in [-0.4, -0.2) is 30.1 Å². The van der Waals surface area contributed by atoms with Crippen molar-refractivity contribution in [2.75, 3.05) is 13.6 Å². The second-order valence-electron chi connectivity index (χ2n) is 5.90. The van der Waals surface area contributed by atoms with Gasteiger partial charge in [-0.15, -0.1) is 11.3 Å². The molecule has 17 heavy (non-hydrogen) atoms. The van der Waals surface area contributed by atoms with E-state index in [1.807, 2.05) is 11.3 Å². The molecule has 0 saturated carbocycles. The molecule has 1 N–H and O–H groups in total. The van der Waals surface area contributed by atoms with Gasteiger partial charge in [-0.25, -0.2) is 0 Å². The zero-order valence-electron chi connectivity index (χ0n) is 11.4. The Bertz CT molecular complexity index is 370. The molecule has 1 aliphatic heterocycles. The highest BCUT2D eigenvalue weighted by atomic mass is 32.1. The number of rotatable bonds is 3. The van der Waals surface area contributed by atoms with E-state index in [1.54, 1.807) is 0 Å². The summed E-state index contributed by atoms with van der Waals surface area (Å²) in [5, 5.41) is 5.79. The van der Waals surface area contributed by atoms with Crippen LogP contribution in [0.25, 0.3) is 0 Å². The fraction of sp³-hybridized carbons (Fsp3) is 0.714. The Labute approximate surface area is 109 Å². The van der Waals surface area contributed by atoms with Crippen molar-refractivity contribution in [1.82, 2.24) is 10.2 Å². The first-order valence-corrected chi connectivity index (χ1v) is 7.34. The molecule has 2 heterocycles. The number of nitrogens with zero attached hydrogens (tertiary/aromatic N) is 1. The van der Waals surface area contributed by atoms with Crippen molar-refractivity contribution in [3.8, 4) is 0 Å². The fourth-order valence-corrected chi connectivity index (χ4v) is 3.61. The normalized spacial score (nSPS) is 24.2. The Morgan fingerprint density at radius 1 is 1.53 bits per heavy atom. The molecule has 1 aliphatic rings. The maximum absolute atomic E-state index is 3.59. The molecule has 0 aliphatic carbocycles. The number of nitrogens with one attached hydrogen (secondary N) is 1. The van der Waals surface area contributed by atoms with E-state index in [9.17, 15) is 0 Å². The third-order valence-corrected chi connectivity index (χ3v) is 4.82. The van der Waals surface area contributed by atoms with Crippen molar-refractivity contribution in [2.45, 2.75) is 51.7 Å². The van der Waals surface area contributed by atoms with E-state index < -0.39 is 0 Å². The van der Waals surface area contributed by atoms with Crippen molar-refractivity contribution in [1.29, 1.82) is 0 Å². The van der Waals surface area contributed by atoms with E-state index in [4.69, 9.17) is 0 Å². The summed E-state index contributed by atoms with van der Waals surface area (Å²) in [6.07, 6.45) is 2.51. The van der Waals surface area contributed by atoms with Gasteiger partial charge in [0.15, 0.2) is 0 Å². The zero-order valence-corrected chi connectivity index (χ0v) is 12.2. The van der Waals surface area contributed by atoms with Crippen LogP contribution in [0.15, 0.2) is 11.4 Å². The van der Waals surface area contributed by atoms with E-state index in [1.165, 1.54) is 23.3 Å². The molecular formula is C14H24N2S. The highest BCUT2D eigenvalue weighted by molar-refractivity contribution is 7.10. The van der Waals surface area contributed by atoms with Crippen LogP contribution in [0, 0.1) is 6.92 Å². The van der Waals surface area contributed by atoms with Gasteiger partial charge < -0.3 is 5.32 Å². The first kappa shape index (κ1) is 13.1. The minimum absolute atomic E-state index is 0.293. The van der Waals surface area contributed by atoms with E-state index in [0.29, 0.717) is 11.6 Å². The minimum atomic E-state index is 0.293. The predicted molar refractivity (Wildman–Crippen MR) is 75.6 cm³/mol. The predicted octanol–water partition coefficient (Wildman–Crippen LogP) is 3.02. The molecule has 0 amide bonds. The Hall–Kier alpha value is -0.380. The topological polar surface area (TPSA) is 15.3 Å². The molecule has 0 spiro atoms. The van der Waals surface area contributed by atoms with E-state index in [0.717, 1.165) is 13.1 Å². The van der Waals surface area contributed by atoms with Crippen LogP contribution in [-0.2, 0) is 6.54 Å². The number of piperidine rings is 1. The smallest absolute Gasteiger partial charge is 0.0330 e. The van der Waals surface area contributed by atoms with Crippen LogP contribution in [0.4, 0.5) is 0 Å². The molecule has 96 valence electrons. The van der Waals surface area contributed by atoms with Crippen LogP contribution >= 0.6 is 11.3 Å². The monoisotopic (exact) mass is 252 g/mol. The lowest BCUT2D eigenvalue weighted by Crippen LogP contribution is -2.52. The second kappa shape index (κ2) is 5.09. The first-order valence-electron chi connectivity index (χ1n) is 6.46. The van der Waals surface area contributed by atoms with Crippen LogP contribution in [0.2, 0.25) is 0 Å². The van der Waals surface area contributed by atoms with Crippen molar-refractivity contribution >= 4 is 11.3 Å². The first-order chi connectivity index (χ1) is 7.98. The summed E-state index contributed by atoms with van der Waals surface area (Å²) in [6.45, 7) is 9.08. The van der Waals surface area contributed by atoms with Crippen LogP contribution in [0.3, 0.4) is 0 Å². The van der Waals surface area contributed by atoms with Gasteiger partial charge in [0.1, 0.15) is 0 Å². The maximum atomic E-state index is 3.59. The molecule has 1 aromatic rings. The lowest BCUT2D eigenvalue weighted by atomic mass is 9.88. The number of thiophene rings is 1. The lowest BCUT2D eigenvalue weighted by molar-refractivity contribution is 0.139. The highest BCUT2D eigenvalue weighted by Gasteiger charge is 2.29. The van der Waals surface area contributed by atoms with Crippen molar-refractivity contribution in [3.05, 3.63) is 21.9 Å². The number of aryl methyl sites for hydroxylation is 1. The van der Waals surface area contributed by atoms with Crippen molar-refractivity contribution in [3.63, 3.8) is 0 Å². The van der Waals surface area contributed by atoms with Gasteiger partial charge in [0.25, 0.3) is 0 Å². The van der Waals surface area contributed by atoms with Gasteiger partial charge in [0.2, 0.25) is 0 Å². The molecule has 3 heteroatoms. The van der Waals surface area contributed by atoms with Gasteiger partial charge in [0, 0.05) is 23.0 Å². The van der Waals surface area contributed by atoms with Gasteiger partial charge in [-0.1, -0.05) is 0 Å². The molecular weight excluding hydrogens is 228 g/mol. The maximum Gasteiger partial charge on any atom is 0.0330 e. The molecule has 0 bridgehead atoms. The van der Waals surface area contributed by atoms with Gasteiger partial charge >= 0.3 is 0 Å². The molecule has 0 radical (unpaired) electrons. The summed E-state index contributed by atoms with van der Waals surface area (Å²) < 4.78 is 0. The fourth-order valence-electron chi connectivity index (χ4n) is 2.64. The minimum Gasteiger partial charge on any atom is -0.312 e. The molecule has 0 aromatic carbocycles. The second-order valence-corrected chi connectivity index (χ2v) is 6.90. The molecule has 2 rings (SSSR count). The van der Waals surface area contributed by atoms with E-state index in [-0.39, 0.29) is 0 Å². The van der Waals surface area contributed by atoms with E-state index in [2.05, 4.69) is 49.5 Å². The Morgan fingerprint density at radius 3 is 2.88 bits per heavy atom. The number of hydrogen-bond acceptors (Lipinski definition) is 3. The summed E-state index contributed by atoms with van der Waals surface area (Å²) in [5.41, 5.74) is 1.73. The van der Waals surface area contributed by atoms with Crippen molar-refractivity contribution in [2.24, 2.45) is 0 Å². The van der Waals surface area contributed by atoms with Gasteiger partial charge in [-0.05, 0) is 64.2 Å². The standard InChI is InChI=1S/C14H24N2S/c1-11-6-8-17-13(11)10-16(4)12-5-7-15-14(2,3)9-12/h6,8,12,15H,5,7,9-10H2,1-4H3. The SMILES string of the molecule is Cc1ccsc1CN(C)C1CCNC(C)(C)C1. The summed E-state index contributed by atoms with van der Waals surface area (Å²) in [4.78, 5) is 4.05. The Morgan fingerprint density at radius 2 is 2.29 bits per heavy atom. The number of hydrogen-bond donors (Lipinski definition) is 1. The van der Waals surface area contributed by atoms with Gasteiger partial charge in [-0.2, -0.15) is 0 Å². The quantitative estimate of drug-likeness (QED) is 0.889. The summed E-state index contributed by atoms with van der Waals surface area (Å²) in [5.74, 6) is 0. The summed E-state index contributed by atoms with van der Waals surface area (Å²) in [7, 11) is 2.27. The van der Waals surface area contributed by atoms with Crippen LogP contribution in [0.1, 0.15) is 37.1 Å². The summed E-state index contributed by atoms with van der Waals surface area (Å²) >= 11 is 1.88. The summed E-state index contributed by atoms with van der Waals surface area (Å²) in [6, 6.07) is 2.94. The highest BCUT2D eigenvalue weighted by Crippen LogP contribution is 2.25. The third-order valence-electron chi connectivity index (χ3n) is 3.81. The molecule has 1 atom stereocenters. The average Bonchev–Trinajstić information content (AvgIpc) is 2.63. The third kappa shape index (κ3) is 3.30. The Balaban J connectivity index is 1.96. The molecule has 1 fully saturated rings. The van der Waals surface area contributed by atoms with Crippen LogP contribution in [0.5, 0.6) is 0 Å². The molecule has 1 saturated heterocycles. The molecule has 1 aromatic heterocycles. The van der Waals surface area contributed by atoms with E-state index >= 15 is 0 Å². The molecule has 2 nitrogen and oxygen atoms in total. The largest absolute Gasteiger partial charge is 0.312 e. The van der Waals surface area contributed by atoms with Crippen molar-refractivity contribution < 1.29 is 0 Å². The van der Waals surface area contributed by atoms with Crippen LogP contribution < -0.4 is 5.32 Å².